The zero-order valence-corrected chi connectivity index (χ0v) is 22.2. The lowest BCUT2D eigenvalue weighted by Gasteiger charge is -2.09. The Balaban J connectivity index is 1.85. The van der Waals surface area contributed by atoms with Gasteiger partial charge in [-0.2, -0.15) is 10.2 Å². The van der Waals surface area contributed by atoms with Crippen LogP contribution in [-0.2, 0) is 9.59 Å². The molecule has 182 valence electrons. The first kappa shape index (κ1) is 27.1. The van der Waals surface area contributed by atoms with Gasteiger partial charge in [0.15, 0.2) is 0 Å². The van der Waals surface area contributed by atoms with E-state index in [2.05, 4.69) is 52.9 Å². The third-order valence-corrected chi connectivity index (χ3v) is 5.61. The highest BCUT2D eigenvalue weighted by Gasteiger charge is 2.10. The maximum atomic E-state index is 12.0. The molecule has 0 saturated carbocycles. The van der Waals surface area contributed by atoms with Crippen LogP contribution in [0.15, 0.2) is 43.4 Å². The molecular weight excluding hydrogens is 576 g/mol. The van der Waals surface area contributed by atoms with Crippen LogP contribution in [-0.4, -0.2) is 52.7 Å². The molecule has 0 aromatic heterocycles. The first-order chi connectivity index (χ1) is 16.3. The number of rotatable bonds is 11. The topological polar surface area (TPSA) is 120 Å². The van der Waals surface area contributed by atoms with Crippen molar-refractivity contribution in [2.45, 2.75) is 12.8 Å². The number of hydrogen-bond acceptors (Lipinski definition) is 8. The molecule has 0 spiro atoms. The van der Waals surface area contributed by atoms with Crippen molar-refractivity contribution in [2.75, 3.05) is 28.4 Å². The predicted octanol–water partition coefficient (Wildman–Crippen LogP) is 3.63. The van der Waals surface area contributed by atoms with Crippen LogP contribution in [0.2, 0.25) is 0 Å². The van der Waals surface area contributed by atoms with Crippen molar-refractivity contribution in [3.05, 3.63) is 44.3 Å². The first-order valence-corrected chi connectivity index (χ1v) is 11.4. The average molecular weight is 600 g/mol. The number of methoxy groups -OCH3 is 4. The van der Waals surface area contributed by atoms with Crippen LogP contribution < -0.4 is 29.8 Å². The van der Waals surface area contributed by atoms with Crippen LogP contribution in [0.4, 0.5) is 0 Å². The Labute approximate surface area is 213 Å². The summed E-state index contributed by atoms with van der Waals surface area (Å²) in [6.07, 6.45) is 2.73. The number of amides is 2. The molecule has 0 unspecified atom stereocenters. The number of nitrogens with one attached hydrogen (secondary N) is 2. The standard InChI is InChI=1S/C22H24Br2N4O6/c1-31-17-9-19(33-3)15(23)7-13(17)11-25-27-21(29)5-6-22(30)28-26-12-14-8-16(24)20(34-4)10-18(14)32-2/h7-12H,5-6H2,1-4H3,(H,27,29)(H,28,30)/b25-11+,26-12+. The summed E-state index contributed by atoms with van der Waals surface area (Å²) in [5.74, 6) is 1.39. The Morgan fingerprint density at radius 2 is 1.06 bits per heavy atom. The summed E-state index contributed by atoms with van der Waals surface area (Å²) in [5.41, 5.74) is 6.01. The van der Waals surface area contributed by atoms with Crippen molar-refractivity contribution >= 4 is 56.1 Å². The lowest BCUT2D eigenvalue weighted by molar-refractivity contribution is -0.126. The van der Waals surface area contributed by atoms with Gasteiger partial charge < -0.3 is 18.9 Å². The summed E-state index contributed by atoms with van der Waals surface area (Å²) >= 11 is 6.77. The van der Waals surface area contributed by atoms with Gasteiger partial charge in [0.2, 0.25) is 11.8 Å². The monoisotopic (exact) mass is 598 g/mol. The Morgan fingerprint density at radius 1 is 0.706 bits per heavy atom. The minimum Gasteiger partial charge on any atom is -0.496 e. The van der Waals surface area contributed by atoms with Gasteiger partial charge in [-0.3, -0.25) is 9.59 Å². The molecule has 0 aliphatic rings. The van der Waals surface area contributed by atoms with Gasteiger partial charge in [-0.1, -0.05) is 0 Å². The summed E-state index contributed by atoms with van der Waals surface area (Å²) in [5, 5.41) is 7.82. The van der Waals surface area contributed by atoms with E-state index >= 15 is 0 Å². The third-order valence-electron chi connectivity index (χ3n) is 4.37. The molecule has 0 atom stereocenters. The molecule has 2 amide bonds. The molecule has 0 radical (unpaired) electrons. The lowest BCUT2D eigenvalue weighted by atomic mass is 10.2. The Kier molecular flexibility index (Phi) is 10.8. The van der Waals surface area contributed by atoms with Gasteiger partial charge in [0.25, 0.3) is 0 Å². The van der Waals surface area contributed by atoms with Gasteiger partial charge in [-0.15, -0.1) is 0 Å². The summed E-state index contributed by atoms with van der Waals surface area (Å²) < 4.78 is 22.4. The molecule has 2 aromatic rings. The van der Waals surface area contributed by atoms with Crippen LogP contribution in [0.25, 0.3) is 0 Å². The number of halogens is 2. The summed E-state index contributed by atoms with van der Waals surface area (Å²) in [6, 6.07) is 6.88. The maximum absolute atomic E-state index is 12.0. The number of benzene rings is 2. The summed E-state index contributed by atoms with van der Waals surface area (Å²) in [7, 11) is 6.13. The largest absolute Gasteiger partial charge is 0.496 e. The van der Waals surface area contributed by atoms with Crippen LogP contribution in [0.1, 0.15) is 24.0 Å². The van der Waals surface area contributed by atoms with Gasteiger partial charge in [0.1, 0.15) is 23.0 Å². The molecule has 2 aromatic carbocycles. The second-order valence-corrected chi connectivity index (χ2v) is 8.25. The maximum Gasteiger partial charge on any atom is 0.240 e. The summed E-state index contributed by atoms with van der Waals surface area (Å²) in [4.78, 5) is 24.0. The second-order valence-electron chi connectivity index (χ2n) is 6.54. The van der Waals surface area contributed by atoms with E-state index in [1.165, 1.54) is 26.6 Å². The molecule has 0 bridgehead atoms. The van der Waals surface area contributed by atoms with Gasteiger partial charge in [0, 0.05) is 36.1 Å². The summed E-state index contributed by atoms with van der Waals surface area (Å²) in [6.45, 7) is 0. The molecule has 34 heavy (non-hydrogen) atoms. The van der Waals surface area contributed by atoms with Gasteiger partial charge in [-0.05, 0) is 44.0 Å². The first-order valence-electron chi connectivity index (χ1n) is 9.79. The van der Waals surface area contributed by atoms with Crippen LogP contribution in [0, 0.1) is 0 Å². The highest BCUT2D eigenvalue weighted by molar-refractivity contribution is 9.10. The fraction of sp³-hybridized carbons (Fsp3) is 0.273. The van der Waals surface area contributed by atoms with Crippen molar-refractivity contribution in [1.82, 2.24) is 10.9 Å². The lowest BCUT2D eigenvalue weighted by Crippen LogP contribution is -2.22. The third kappa shape index (κ3) is 7.73. The Bertz CT molecular complexity index is 1010. The number of carbonyl (C=O) groups is 2. The molecule has 0 aliphatic carbocycles. The molecule has 0 aliphatic heterocycles. The van der Waals surface area contributed by atoms with Crippen LogP contribution in [0.5, 0.6) is 23.0 Å². The number of hydrogen-bond donors (Lipinski definition) is 2. The van der Waals surface area contributed by atoms with Crippen molar-refractivity contribution in [3.63, 3.8) is 0 Å². The SMILES string of the molecule is COc1cc(OC)c(/C=N/NC(=O)CCC(=O)N/N=C/c2cc(Br)c(OC)cc2OC)cc1Br. The van der Waals surface area contributed by atoms with Crippen molar-refractivity contribution in [1.29, 1.82) is 0 Å². The normalized spacial score (nSPS) is 10.9. The van der Waals surface area contributed by atoms with Gasteiger partial charge >= 0.3 is 0 Å². The molecule has 0 heterocycles. The second kappa shape index (κ2) is 13.6. The molecule has 12 heteroatoms. The fourth-order valence-electron chi connectivity index (χ4n) is 2.65. The van der Waals surface area contributed by atoms with Gasteiger partial charge in [-0.25, -0.2) is 10.9 Å². The number of carbonyl (C=O) groups excluding carboxylic acids is 2. The Morgan fingerprint density at radius 3 is 1.38 bits per heavy atom. The van der Waals surface area contributed by atoms with Crippen molar-refractivity contribution in [3.8, 4) is 23.0 Å². The quantitative estimate of drug-likeness (QED) is 0.301. The predicted molar refractivity (Wildman–Crippen MR) is 135 cm³/mol. The smallest absolute Gasteiger partial charge is 0.240 e. The van der Waals surface area contributed by atoms with Crippen molar-refractivity contribution in [2.24, 2.45) is 10.2 Å². The van der Waals surface area contributed by atoms with E-state index in [0.717, 1.165) is 0 Å². The number of ether oxygens (including phenoxy) is 4. The van der Waals surface area contributed by atoms with E-state index in [-0.39, 0.29) is 12.8 Å². The van der Waals surface area contributed by atoms with Gasteiger partial charge in [0.05, 0.1) is 49.8 Å². The van der Waals surface area contributed by atoms with E-state index in [9.17, 15) is 9.59 Å². The molecule has 2 rings (SSSR count). The zero-order valence-electron chi connectivity index (χ0n) is 19.0. The highest BCUT2D eigenvalue weighted by atomic mass is 79.9. The minimum absolute atomic E-state index is 0.0699. The molecule has 10 nitrogen and oxygen atoms in total. The van der Waals surface area contributed by atoms with E-state index in [1.807, 2.05) is 0 Å². The van der Waals surface area contributed by atoms with Crippen LogP contribution in [0.3, 0.4) is 0 Å². The fourth-order valence-corrected chi connectivity index (χ4v) is 3.70. The minimum atomic E-state index is -0.428. The molecular formula is C22H24Br2N4O6. The zero-order chi connectivity index (χ0) is 25.1. The number of hydrazone groups is 2. The van der Waals surface area contributed by atoms with Crippen molar-refractivity contribution < 1.29 is 28.5 Å². The van der Waals surface area contributed by atoms with E-state index in [4.69, 9.17) is 18.9 Å². The van der Waals surface area contributed by atoms with Crippen LogP contribution >= 0.6 is 31.9 Å². The van der Waals surface area contributed by atoms with E-state index in [0.29, 0.717) is 43.1 Å². The molecule has 0 fully saturated rings. The Hall–Kier alpha value is -3.12. The van der Waals surface area contributed by atoms with E-state index < -0.39 is 11.8 Å². The van der Waals surface area contributed by atoms with E-state index in [1.54, 1.807) is 38.5 Å². The average Bonchev–Trinajstić information content (AvgIpc) is 2.83. The molecule has 2 N–H and O–H groups in total. The number of nitrogens with zero attached hydrogens (tertiary/aromatic N) is 2. The highest BCUT2D eigenvalue weighted by Crippen LogP contribution is 2.32. The molecule has 0 saturated heterocycles.